The smallest absolute Gasteiger partial charge is 0.323 e. The summed E-state index contributed by atoms with van der Waals surface area (Å²) in [6, 6.07) is 15.4. The van der Waals surface area contributed by atoms with Crippen LogP contribution in [0.15, 0.2) is 53.3 Å². The molecule has 146 valence electrons. The molecule has 1 unspecified atom stereocenters. The first-order valence-electron chi connectivity index (χ1n) is 9.57. The molecule has 5 N–H and O–H groups in total. The zero-order valence-corrected chi connectivity index (χ0v) is 15.8. The predicted octanol–water partition coefficient (Wildman–Crippen LogP) is 1.86. The van der Waals surface area contributed by atoms with Gasteiger partial charge in [-0.15, -0.1) is 0 Å². The van der Waals surface area contributed by atoms with E-state index in [0.29, 0.717) is 35.1 Å². The third-order valence-electron chi connectivity index (χ3n) is 5.71. The Morgan fingerprint density at radius 2 is 1.93 bits per heavy atom. The molecule has 0 radical (unpaired) electrons. The minimum Gasteiger partial charge on any atom is -0.330 e. The molecular formula is C21H25N5O2. The topological polar surface area (TPSA) is 107 Å². The number of aromatic nitrogens is 2. The summed E-state index contributed by atoms with van der Waals surface area (Å²) in [5.41, 5.74) is 9.08. The summed E-state index contributed by atoms with van der Waals surface area (Å²) in [5.74, 6) is 0.600. The first-order chi connectivity index (χ1) is 13.5. The van der Waals surface area contributed by atoms with Crippen molar-refractivity contribution < 1.29 is 4.79 Å². The second-order valence-corrected chi connectivity index (χ2v) is 7.47. The number of nitrogens with two attached hydrogens (primary N) is 1. The van der Waals surface area contributed by atoms with Gasteiger partial charge in [0.05, 0.1) is 17.1 Å². The van der Waals surface area contributed by atoms with Crippen LogP contribution in [0.2, 0.25) is 0 Å². The SMILES string of the molecule is CC(C(=O)Nc1ccc2[nH]c(=O)[nH]c2c1)N1C[C@@H](CN)[C@H](c2ccccc2)C1. The number of imidazole rings is 1. The number of likely N-dealkylation sites (tertiary alicyclic amines) is 1. The number of benzene rings is 2. The molecule has 0 saturated carbocycles. The molecule has 0 aliphatic carbocycles. The summed E-state index contributed by atoms with van der Waals surface area (Å²) in [7, 11) is 0. The van der Waals surface area contributed by atoms with Gasteiger partial charge in [-0.3, -0.25) is 9.69 Å². The summed E-state index contributed by atoms with van der Waals surface area (Å²) in [4.78, 5) is 31.8. The minimum atomic E-state index is -0.274. The molecule has 1 aliphatic heterocycles. The van der Waals surface area contributed by atoms with Crippen LogP contribution in [0.1, 0.15) is 18.4 Å². The molecule has 1 aliphatic rings. The Labute approximate surface area is 162 Å². The van der Waals surface area contributed by atoms with E-state index in [2.05, 4.69) is 32.3 Å². The van der Waals surface area contributed by atoms with Crippen LogP contribution in [0.25, 0.3) is 11.0 Å². The fraction of sp³-hybridized carbons (Fsp3) is 0.333. The molecule has 7 nitrogen and oxygen atoms in total. The number of anilines is 1. The maximum Gasteiger partial charge on any atom is 0.323 e. The van der Waals surface area contributed by atoms with Crippen molar-refractivity contribution in [1.82, 2.24) is 14.9 Å². The van der Waals surface area contributed by atoms with E-state index in [1.807, 2.05) is 25.1 Å². The highest BCUT2D eigenvalue weighted by molar-refractivity contribution is 5.96. The second kappa shape index (κ2) is 7.61. The number of nitrogens with zero attached hydrogens (tertiary/aromatic N) is 1. The third kappa shape index (κ3) is 3.58. The zero-order valence-electron chi connectivity index (χ0n) is 15.8. The Kier molecular flexibility index (Phi) is 5.02. The number of hydrogen-bond acceptors (Lipinski definition) is 4. The molecule has 0 bridgehead atoms. The van der Waals surface area contributed by atoms with Crippen molar-refractivity contribution in [2.24, 2.45) is 11.7 Å². The largest absolute Gasteiger partial charge is 0.330 e. The van der Waals surface area contributed by atoms with E-state index < -0.39 is 0 Å². The van der Waals surface area contributed by atoms with E-state index in [-0.39, 0.29) is 17.6 Å². The fourth-order valence-electron chi connectivity index (χ4n) is 4.06. The Bertz CT molecular complexity index is 1030. The zero-order chi connectivity index (χ0) is 19.7. The van der Waals surface area contributed by atoms with Crippen molar-refractivity contribution in [3.63, 3.8) is 0 Å². The Morgan fingerprint density at radius 3 is 2.68 bits per heavy atom. The van der Waals surface area contributed by atoms with Crippen molar-refractivity contribution in [2.75, 3.05) is 25.0 Å². The van der Waals surface area contributed by atoms with Gasteiger partial charge in [0.1, 0.15) is 0 Å². The van der Waals surface area contributed by atoms with Crippen molar-refractivity contribution >= 4 is 22.6 Å². The molecule has 28 heavy (non-hydrogen) atoms. The van der Waals surface area contributed by atoms with Gasteiger partial charge in [-0.1, -0.05) is 30.3 Å². The monoisotopic (exact) mass is 379 g/mol. The lowest BCUT2D eigenvalue weighted by Crippen LogP contribution is -2.41. The van der Waals surface area contributed by atoms with Crippen LogP contribution in [0, 0.1) is 5.92 Å². The molecule has 2 heterocycles. The third-order valence-corrected chi connectivity index (χ3v) is 5.71. The average Bonchev–Trinajstić information content (AvgIpc) is 3.30. The molecule has 1 fully saturated rings. The number of fused-ring (bicyclic) bond motifs is 1. The molecule has 0 spiro atoms. The average molecular weight is 379 g/mol. The standard InChI is InChI=1S/C21H25N5O2/c1-13(20(27)23-16-7-8-18-19(9-16)25-21(28)24-18)26-11-15(10-22)17(12-26)14-5-3-2-4-6-14/h2-9,13,15,17H,10-12,22H2,1H3,(H,23,27)(H2,24,25,28)/t13?,15-,17+/m1/s1. The van der Waals surface area contributed by atoms with Crippen LogP contribution >= 0.6 is 0 Å². The van der Waals surface area contributed by atoms with E-state index in [1.165, 1.54) is 5.56 Å². The first kappa shape index (κ1) is 18.5. The van der Waals surface area contributed by atoms with Gasteiger partial charge >= 0.3 is 5.69 Å². The fourth-order valence-corrected chi connectivity index (χ4v) is 4.06. The molecule has 1 saturated heterocycles. The molecule has 7 heteroatoms. The number of carbonyl (C=O) groups is 1. The Balaban J connectivity index is 1.46. The maximum atomic E-state index is 12.8. The number of nitrogens with one attached hydrogen (secondary N) is 3. The summed E-state index contributed by atoms with van der Waals surface area (Å²) >= 11 is 0. The predicted molar refractivity (Wildman–Crippen MR) is 110 cm³/mol. The number of aromatic amines is 2. The lowest BCUT2D eigenvalue weighted by Gasteiger charge is -2.23. The van der Waals surface area contributed by atoms with E-state index in [4.69, 9.17) is 5.73 Å². The Hall–Kier alpha value is -2.90. The van der Waals surface area contributed by atoms with Gasteiger partial charge in [0.15, 0.2) is 0 Å². The van der Waals surface area contributed by atoms with Gasteiger partial charge < -0.3 is 21.0 Å². The molecular weight excluding hydrogens is 354 g/mol. The summed E-state index contributed by atoms with van der Waals surface area (Å²) in [6.45, 7) is 4.13. The highest BCUT2D eigenvalue weighted by atomic mass is 16.2. The van der Waals surface area contributed by atoms with Crippen LogP contribution in [-0.2, 0) is 4.79 Å². The van der Waals surface area contributed by atoms with E-state index in [1.54, 1.807) is 18.2 Å². The van der Waals surface area contributed by atoms with Gasteiger partial charge in [-0.25, -0.2) is 4.79 Å². The number of rotatable bonds is 5. The number of hydrogen-bond donors (Lipinski definition) is 4. The van der Waals surface area contributed by atoms with Crippen LogP contribution in [0.4, 0.5) is 5.69 Å². The van der Waals surface area contributed by atoms with Gasteiger partial charge in [0.2, 0.25) is 5.91 Å². The van der Waals surface area contributed by atoms with Gasteiger partial charge in [0, 0.05) is 24.7 Å². The van der Waals surface area contributed by atoms with E-state index >= 15 is 0 Å². The summed E-state index contributed by atoms with van der Waals surface area (Å²) in [5, 5.41) is 2.96. The van der Waals surface area contributed by atoms with Gasteiger partial charge in [-0.05, 0) is 43.1 Å². The molecule has 1 amide bonds. The van der Waals surface area contributed by atoms with Crippen LogP contribution in [0.3, 0.4) is 0 Å². The van der Waals surface area contributed by atoms with Crippen LogP contribution in [0.5, 0.6) is 0 Å². The quantitative estimate of drug-likeness (QED) is 0.543. The first-order valence-corrected chi connectivity index (χ1v) is 9.57. The molecule has 3 aromatic rings. The van der Waals surface area contributed by atoms with Crippen molar-refractivity contribution in [3.05, 3.63) is 64.6 Å². The normalized spacial score (nSPS) is 21.1. The highest BCUT2D eigenvalue weighted by Gasteiger charge is 2.36. The van der Waals surface area contributed by atoms with Crippen LogP contribution in [-0.4, -0.2) is 46.5 Å². The van der Waals surface area contributed by atoms with Crippen molar-refractivity contribution in [1.29, 1.82) is 0 Å². The maximum absolute atomic E-state index is 12.8. The van der Waals surface area contributed by atoms with Crippen LogP contribution < -0.4 is 16.7 Å². The minimum absolute atomic E-state index is 0.0679. The summed E-state index contributed by atoms with van der Waals surface area (Å²) in [6.07, 6.45) is 0. The van der Waals surface area contributed by atoms with E-state index in [0.717, 1.165) is 13.1 Å². The van der Waals surface area contributed by atoms with Gasteiger partial charge in [-0.2, -0.15) is 0 Å². The number of amides is 1. The number of H-pyrrole nitrogens is 2. The highest BCUT2D eigenvalue weighted by Crippen LogP contribution is 2.33. The molecule has 1 aromatic heterocycles. The lowest BCUT2D eigenvalue weighted by molar-refractivity contribution is -0.120. The second-order valence-electron chi connectivity index (χ2n) is 7.47. The molecule has 2 aromatic carbocycles. The lowest BCUT2D eigenvalue weighted by atomic mass is 9.89. The number of carbonyl (C=O) groups excluding carboxylic acids is 1. The summed E-state index contributed by atoms with van der Waals surface area (Å²) < 4.78 is 0. The van der Waals surface area contributed by atoms with Gasteiger partial charge in [0.25, 0.3) is 0 Å². The van der Waals surface area contributed by atoms with Crippen molar-refractivity contribution in [2.45, 2.75) is 18.9 Å². The van der Waals surface area contributed by atoms with E-state index in [9.17, 15) is 9.59 Å². The van der Waals surface area contributed by atoms with Crippen molar-refractivity contribution in [3.8, 4) is 0 Å². The molecule has 3 atom stereocenters. The molecule has 4 rings (SSSR count). The Morgan fingerprint density at radius 1 is 1.18 bits per heavy atom.